The summed E-state index contributed by atoms with van der Waals surface area (Å²) in [6, 6.07) is 2.75. The highest BCUT2D eigenvalue weighted by atomic mass is 16.3. The van der Waals surface area contributed by atoms with E-state index in [1.54, 1.807) is 25.4 Å². The van der Waals surface area contributed by atoms with Crippen molar-refractivity contribution in [1.82, 2.24) is 9.88 Å². The Morgan fingerprint density at radius 2 is 2.28 bits per heavy atom. The van der Waals surface area contributed by atoms with Gasteiger partial charge in [-0.2, -0.15) is 0 Å². The Morgan fingerprint density at radius 3 is 2.89 bits per heavy atom. The first-order chi connectivity index (χ1) is 8.50. The fourth-order valence-corrected chi connectivity index (χ4v) is 1.87. The lowest BCUT2D eigenvalue weighted by molar-refractivity contribution is -0.0287. The number of aryl methyl sites for hydroxylation is 1. The average molecular weight is 251 g/mol. The van der Waals surface area contributed by atoms with E-state index < -0.39 is 11.6 Å². The predicted octanol–water partition coefficient (Wildman–Crippen LogP) is 0.422. The topological polar surface area (TPSA) is 83.4 Å². The lowest BCUT2D eigenvalue weighted by atomic mass is 9.80. The van der Waals surface area contributed by atoms with Crippen molar-refractivity contribution in [3.63, 3.8) is 0 Å². The molecule has 0 saturated heterocycles. The normalized spacial score (nSPS) is 16.8. The van der Waals surface area contributed by atoms with Crippen LogP contribution < -0.4 is 16.2 Å². The Bertz CT molecular complexity index is 506. The van der Waals surface area contributed by atoms with Crippen molar-refractivity contribution >= 4 is 11.7 Å². The zero-order chi connectivity index (χ0) is 13.2. The van der Waals surface area contributed by atoms with Crippen LogP contribution in [0.1, 0.15) is 19.3 Å². The standard InChI is InChI=1S/C12H17N3O3/c1-15-7-2-4-9(10(15)16)14-11(17)13-8-12(18)5-3-6-12/h2,4,7,18H,3,5-6,8H2,1H3,(H2,13,14,17). The summed E-state index contributed by atoms with van der Waals surface area (Å²) in [5.41, 5.74) is -0.813. The van der Waals surface area contributed by atoms with Gasteiger partial charge in [0.1, 0.15) is 5.69 Å². The molecule has 3 N–H and O–H groups in total. The number of aliphatic hydroxyl groups is 1. The van der Waals surface area contributed by atoms with Crippen molar-refractivity contribution in [3.8, 4) is 0 Å². The zero-order valence-corrected chi connectivity index (χ0v) is 10.3. The van der Waals surface area contributed by atoms with Gasteiger partial charge in [-0.05, 0) is 31.4 Å². The number of carbonyl (C=O) groups is 1. The van der Waals surface area contributed by atoms with Gasteiger partial charge in [-0.25, -0.2) is 4.79 Å². The molecule has 1 heterocycles. The predicted molar refractivity (Wildman–Crippen MR) is 67.5 cm³/mol. The van der Waals surface area contributed by atoms with Gasteiger partial charge in [0.25, 0.3) is 5.56 Å². The Kier molecular flexibility index (Phi) is 3.38. The van der Waals surface area contributed by atoms with Crippen LogP contribution in [0.3, 0.4) is 0 Å². The van der Waals surface area contributed by atoms with Crippen LogP contribution in [0.25, 0.3) is 0 Å². The highest BCUT2D eigenvalue weighted by Crippen LogP contribution is 2.30. The molecule has 0 aromatic carbocycles. The van der Waals surface area contributed by atoms with Gasteiger partial charge < -0.3 is 20.3 Å². The second kappa shape index (κ2) is 4.81. The summed E-state index contributed by atoms with van der Waals surface area (Å²) in [6.07, 6.45) is 4.02. The molecule has 1 saturated carbocycles. The quantitative estimate of drug-likeness (QED) is 0.728. The second-order valence-electron chi connectivity index (χ2n) is 4.72. The molecule has 18 heavy (non-hydrogen) atoms. The van der Waals surface area contributed by atoms with E-state index in [4.69, 9.17) is 0 Å². The number of nitrogens with one attached hydrogen (secondary N) is 2. The second-order valence-corrected chi connectivity index (χ2v) is 4.72. The number of carbonyl (C=O) groups excluding carboxylic acids is 1. The zero-order valence-electron chi connectivity index (χ0n) is 10.3. The van der Waals surface area contributed by atoms with Crippen LogP contribution in [-0.2, 0) is 7.05 Å². The first kappa shape index (κ1) is 12.6. The first-order valence-electron chi connectivity index (χ1n) is 5.93. The lowest BCUT2D eigenvalue weighted by Gasteiger charge is -2.36. The van der Waals surface area contributed by atoms with Crippen LogP contribution in [0.5, 0.6) is 0 Å². The third kappa shape index (κ3) is 2.70. The smallest absolute Gasteiger partial charge is 0.319 e. The van der Waals surface area contributed by atoms with E-state index in [-0.39, 0.29) is 17.8 Å². The minimum Gasteiger partial charge on any atom is -0.388 e. The van der Waals surface area contributed by atoms with Crippen LogP contribution in [0, 0.1) is 0 Å². The molecule has 1 aromatic rings. The fourth-order valence-electron chi connectivity index (χ4n) is 1.87. The molecule has 1 aromatic heterocycles. The lowest BCUT2D eigenvalue weighted by Crippen LogP contribution is -2.49. The molecule has 98 valence electrons. The van der Waals surface area contributed by atoms with E-state index in [1.807, 2.05) is 0 Å². The molecule has 2 rings (SSSR count). The van der Waals surface area contributed by atoms with Crippen molar-refractivity contribution < 1.29 is 9.90 Å². The summed E-state index contributed by atoms with van der Waals surface area (Å²) >= 11 is 0. The van der Waals surface area contributed by atoms with Crippen molar-refractivity contribution in [2.75, 3.05) is 11.9 Å². The Balaban J connectivity index is 1.91. The molecule has 6 nitrogen and oxygen atoms in total. The van der Waals surface area contributed by atoms with E-state index in [1.165, 1.54) is 4.57 Å². The van der Waals surface area contributed by atoms with Crippen molar-refractivity contribution in [3.05, 3.63) is 28.7 Å². The molecule has 0 atom stereocenters. The number of aromatic nitrogens is 1. The maximum Gasteiger partial charge on any atom is 0.319 e. The van der Waals surface area contributed by atoms with Crippen LogP contribution in [0.15, 0.2) is 23.1 Å². The Hall–Kier alpha value is -1.82. The van der Waals surface area contributed by atoms with Gasteiger partial charge in [0.05, 0.1) is 5.60 Å². The van der Waals surface area contributed by atoms with Gasteiger partial charge in [0.15, 0.2) is 0 Å². The maximum atomic E-state index is 11.6. The van der Waals surface area contributed by atoms with Gasteiger partial charge in [-0.15, -0.1) is 0 Å². The molecule has 6 heteroatoms. The van der Waals surface area contributed by atoms with Gasteiger partial charge >= 0.3 is 6.03 Å². The average Bonchev–Trinajstić information content (AvgIpc) is 2.30. The number of hydrogen-bond donors (Lipinski definition) is 3. The van der Waals surface area contributed by atoms with Crippen LogP contribution in [0.2, 0.25) is 0 Å². The minimum absolute atomic E-state index is 0.214. The highest BCUT2D eigenvalue weighted by Gasteiger charge is 2.34. The molecule has 1 aliphatic rings. The molecule has 0 aliphatic heterocycles. The van der Waals surface area contributed by atoms with Crippen LogP contribution in [-0.4, -0.2) is 27.9 Å². The van der Waals surface area contributed by atoms with E-state index in [2.05, 4.69) is 10.6 Å². The number of urea groups is 1. The van der Waals surface area contributed by atoms with E-state index in [9.17, 15) is 14.7 Å². The highest BCUT2D eigenvalue weighted by molar-refractivity contribution is 5.88. The molecular formula is C12H17N3O3. The summed E-state index contributed by atoms with van der Waals surface area (Å²) in [4.78, 5) is 23.2. The number of hydrogen-bond acceptors (Lipinski definition) is 3. The van der Waals surface area contributed by atoms with Gasteiger partial charge in [0.2, 0.25) is 0 Å². The van der Waals surface area contributed by atoms with Crippen molar-refractivity contribution in [1.29, 1.82) is 0 Å². The van der Waals surface area contributed by atoms with Crippen LogP contribution in [0.4, 0.5) is 10.5 Å². The third-order valence-corrected chi connectivity index (χ3v) is 3.23. The largest absolute Gasteiger partial charge is 0.388 e. The summed E-state index contributed by atoms with van der Waals surface area (Å²) in [7, 11) is 1.61. The van der Waals surface area contributed by atoms with Crippen molar-refractivity contribution in [2.45, 2.75) is 24.9 Å². The molecule has 2 amide bonds. The molecule has 1 fully saturated rings. The summed E-state index contributed by atoms with van der Waals surface area (Å²) < 4.78 is 1.38. The molecule has 0 spiro atoms. The van der Waals surface area contributed by atoms with Gasteiger partial charge in [-0.1, -0.05) is 0 Å². The fraction of sp³-hybridized carbons (Fsp3) is 0.500. The summed E-state index contributed by atoms with van der Waals surface area (Å²) in [5.74, 6) is 0. The number of amides is 2. The number of pyridine rings is 1. The summed E-state index contributed by atoms with van der Waals surface area (Å²) in [6.45, 7) is 0.214. The van der Waals surface area contributed by atoms with E-state index in [0.29, 0.717) is 12.8 Å². The van der Waals surface area contributed by atoms with Crippen molar-refractivity contribution in [2.24, 2.45) is 7.05 Å². The minimum atomic E-state index is -0.765. The van der Waals surface area contributed by atoms with Crippen LogP contribution >= 0.6 is 0 Å². The molecule has 0 bridgehead atoms. The first-order valence-corrected chi connectivity index (χ1v) is 5.93. The number of nitrogens with zero attached hydrogens (tertiary/aromatic N) is 1. The number of rotatable bonds is 3. The molecular weight excluding hydrogens is 234 g/mol. The molecule has 1 aliphatic carbocycles. The SMILES string of the molecule is Cn1cccc(NC(=O)NCC2(O)CCC2)c1=O. The van der Waals surface area contributed by atoms with Gasteiger partial charge in [0, 0.05) is 19.8 Å². The van der Waals surface area contributed by atoms with E-state index >= 15 is 0 Å². The Morgan fingerprint density at radius 1 is 1.56 bits per heavy atom. The third-order valence-electron chi connectivity index (χ3n) is 3.23. The molecule has 0 radical (unpaired) electrons. The molecule has 0 unspecified atom stereocenters. The Labute approximate surface area is 105 Å². The summed E-state index contributed by atoms with van der Waals surface area (Å²) in [5, 5.41) is 14.9. The number of anilines is 1. The van der Waals surface area contributed by atoms with E-state index in [0.717, 1.165) is 6.42 Å². The monoisotopic (exact) mass is 251 g/mol. The van der Waals surface area contributed by atoms with Gasteiger partial charge in [-0.3, -0.25) is 4.79 Å². The maximum absolute atomic E-state index is 11.6.